The summed E-state index contributed by atoms with van der Waals surface area (Å²) in [5, 5.41) is 10.3. The van der Waals surface area contributed by atoms with E-state index >= 15 is 0 Å². The van der Waals surface area contributed by atoms with Crippen molar-refractivity contribution in [3.05, 3.63) is 35.3 Å². The largest absolute Gasteiger partial charge is 0.476 e. The van der Waals surface area contributed by atoms with Crippen molar-refractivity contribution in [2.45, 2.75) is 51.0 Å². The predicted molar refractivity (Wildman–Crippen MR) is 110 cm³/mol. The number of pyridine rings is 1. The number of ether oxygens (including phenoxy) is 1. The number of H-pyrrole nitrogens is 1. The van der Waals surface area contributed by atoms with E-state index in [9.17, 15) is 13.6 Å². The van der Waals surface area contributed by atoms with Gasteiger partial charge in [-0.25, -0.2) is 13.8 Å². The minimum absolute atomic E-state index is 0.174. The molecule has 2 aromatic heterocycles. The van der Waals surface area contributed by atoms with Crippen molar-refractivity contribution < 1.29 is 18.3 Å². The van der Waals surface area contributed by atoms with Crippen LogP contribution in [0.5, 0.6) is 5.88 Å². The Morgan fingerprint density at radius 1 is 1.29 bits per heavy atom. The number of carbonyl (C=O) groups excluding carboxylic acids is 1. The van der Waals surface area contributed by atoms with Gasteiger partial charge in [-0.3, -0.25) is 9.89 Å². The molecule has 1 amide bonds. The zero-order valence-corrected chi connectivity index (χ0v) is 17.5. The highest BCUT2D eigenvalue weighted by Crippen LogP contribution is 2.39. The number of alkyl halides is 2. The average molecular weight is 431 g/mol. The second-order valence-electron chi connectivity index (χ2n) is 9.16. The summed E-state index contributed by atoms with van der Waals surface area (Å²) in [6.45, 7) is 1.68. The van der Waals surface area contributed by atoms with Crippen molar-refractivity contribution in [3.8, 4) is 5.88 Å². The average Bonchev–Trinajstić information content (AvgIpc) is 3.64. The van der Waals surface area contributed by atoms with E-state index in [1.807, 2.05) is 13.0 Å². The van der Waals surface area contributed by atoms with Crippen LogP contribution >= 0.6 is 0 Å². The van der Waals surface area contributed by atoms with Crippen molar-refractivity contribution in [2.24, 2.45) is 11.8 Å². The van der Waals surface area contributed by atoms with Crippen LogP contribution in [0.3, 0.4) is 0 Å². The van der Waals surface area contributed by atoms with Crippen molar-refractivity contribution in [2.75, 3.05) is 24.6 Å². The summed E-state index contributed by atoms with van der Waals surface area (Å²) in [4.78, 5) is 19.0. The summed E-state index contributed by atoms with van der Waals surface area (Å²) in [7, 11) is 0. The van der Waals surface area contributed by atoms with Gasteiger partial charge < -0.3 is 15.0 Å². The quantitative estimate of drug-likeness (QED) is 0.634. The second-order valence-corrected chi connectivity index (χ2v) is 9.16. The van der Waals surface area contributed by atoms with Crippen LogP contribution in [-0.4, -0.2) is 46.7 Å². The van der Waals surface area contributed by atoms with Crippen molar-refractivity contribution in [1.29, 1.82) is 0 Å². The van der Waals surface area contributed by atoms with Gasteiger partial charge in [-0.15, -0.1) is 0 Å². The van der Waals surface area contributed by atoms with Crippen molar-refractivity contribution >= 4 is 11.6 Å². The topological polar surface area (TPSA) is 83.1 Å². The van der Waals surface area contributed by atoms with Crippen LogP contribution in [0.1, 0.15) is 60.0 Å². The van der Waals surface area contributed by atoms with Gasteiger partial charge in [-0.1, -0.05) is 12.8 Å². The Balaban J connectivity index is 1.33. The van der Waals surface area contributed by atoms with Crippen LogP contribution in [0, 0.1) is 18.8 Å². The van der Waals surface area contributed by atoms with Gasteiger partial charge >= 0.3 is 0 Å². The number of aromatic amines is 1. The summed E-state index contributed by atoms with van der Waals surface area (Å²) in [6.07, 6.45) is 5.39. The molecular formula is C22H27F2N5O2. The molecule has 1 saturated heterocycles. The van der Waals surface area contributed by atoms with Crippen LogP contribution in [0.15, 0.2) is 18.2 Å². The lowest BCUT2D eigenvalue weighted by atomic mass is 10.1. The predicted octanol–water partition coefficient (Wildman–Crippen LogP) is 3.63. The smallest absolute Gasteiger partial charge is 0.282 e. The molecule has 3 aliphatic rings. The van der Waals surface area contributed by atoms with Gasteiger partial charge in [0, 0.05) is 0 Å². The van der Waals surface area contributed by atoms with E-state index in [2.05, 4.69) is 20.5 Å². The Hall–Kier alpha value is -2.71. The number of nitrogens with one attached hydrogen (secondary N) is 2. The molecule has 3 heterocycles. The lowest BCUT2D eigenvalue weighted by Crippen LogP contribution is -2.56. The maximum absolute atomic E-state index is 13.4. The third-order valence-electron chi connectivity index (χ3n) is 6.08. The Morgan fingerprint density at radius 2 is 2.03 bits per heavy atom. The van der Waals surface area contributed by atoms with E-state index in [0.29, 0.717) is 24.1 Å². The first-order chi connectivity index (χ1) is 14.9. The van der Waals surface area contributed by atoms with Crippen LogP contribution < -0.4 is 15.0 Å². The zero-order valence-electron chi connectivity index (χ0n) is 17.5. The SMILES string of the molecule is Cc1cc([C@H](CC2CC2)NC(=O)c2ccc(N3CC(F)(F)C3)c(OCC3CC3)n2)[nH]n1. The number of rotatable bonds is 9. The molecule has 31 heavy (non-hydrogen) atoms. The van der Waals surface area contributed by atoms with Crippen LogP contribution in [0.25, 0.3) is 0 Å². The molecule has 7 nitrogen and oxygen atoms in total. The fraction of sp³-hybridized carbons (Fsp3) is 0.591. The lowest BCUT2D eigenvalue weighted by Gasteiger charge is -2.40. The molecule has 5 rings (SSSR count). The Bertz CT molecular complexity index is 963. The number of amides is 1. The molecule has 0 unspecified atom stereocenters. The van der Waals surface area contributed by atoms with E-state index in [-0.39, 0.29) is 36.6 Å². The summed E-state index contributed by atoms with van der Waals surface area (Å²) in [5.74, 6) is -1.66. The summed E-state index contributed by atoms with van der Waals surface area (Å²) < 4.78 is 32.6. The molecule has 2 aliphatic carbocycles. The molecule has 3 fully saturated rings. The van der Waals surface area contributed by atoms with E-state index < -0.39 is 5.92 Å². The van der Waals surface area contributed by atoms with E-state index in [1.54, 1.807) is 17.0 Å². The number of aryl methyl sites for hydroxylation is 1. The number of halogens is 2. The molecular weight excluding hydrogens is 404 g/mol. The monoisotopic (exact) mass is 431 g/mol. The molecule has 0 spiro atoms. The molecule has 0 bridgehead atoms. The first-order valence-electron chi connectivity index (χ1n) is 11.0. The van der Waals surface area contributed by atoms with E-state index in [0.717, 1.165) is 30.7 Å². The number of anilines is 1. The summed E-state index contributed by atoms with van der Waals surface area (Å²) in [6, 6.07) is 5.01. The minimum atomic E-state index is -2.69. The molecule has 0 radical (unpaired) electrons. The highest BCUT2D eigenvalue weighted by molar-refractivity contribution is 5.93. The van der Waals surface area contributed by atoms with Crippen LogP contribution in [0.2, 0.25) is 0 Å². The molecule has 0 aromatic carbocycles. The third-order valence-corrected chi connectivity index (χ3v) is 6.08. The van der Waals surface area contributed by atoms with Crippen molar-refractivity contribution in [3.63, 3.8) is 0 Å². The molecule has 2 aromatic rings. The number of hydrogen-bond donors (Lipinski definition) is 2. The third kappa shape index (κ3) is 4.80. The van der Waals surface area contributed by atoms with E-state index in [1.165, 1.54) is 12.8 Å². The van der Waals surface area contributed by atoms with Gasteiger partial charge in [-0.2, -0.15) is 5.10 Å². The fourth-order valence-corrected chi connectivity index (χ4v) is 3.87. The molecule has 2 saturated carbocycles. The summed E-state index contributed by atoms with van der Waals surface area (Å²) in [5.41, 5.74) is 2.48. The normalized spacial score (nSPS) is 20.8. The van der Waals surface area contributed by atoms with Gasteiger partial charge in [0.2, 0.25) is 5.88 Å². The maximum Gasteiger partial charge on any atom is 0.282 e. The zero-order chi connectivity index (χ0) is 21.6. The van der Waals surface area contributed by atoms with Gasteiger partial charge in [0.15, 0.2) is 0 Å². The number of carbonyl (C=O) groups is 1. The first kappa shape index (κ1) is 20.2. The van der Waals surface area contributed by atoms with Gasteiger partial charge in [0.25, 0.3) is 11.8 Å². The fourth-order valence-electron chi connectivity index (χ4n) is 3.87. The van der Waals surface area contributed by atoms with Gasteiger partial charge in [0.1, 0.15) is 11.4 Å². The standard InChI is InChI=1S/C22H27F2N5O2/c1-13-8-18(28-27-13)17(9-14-2-3-14)25-20(30)16-6-7-19(29-11-22(23,24)12-29)21(26-16)31-10-15-4-5-15/h6-8,14-15,17H,2-5,9-12H2,1H3,(H,25,30)(H,27,28)/t17-/m0/s1. The number of nitrogens with zero attached hydrogens (tertiary/aromatic N) is 3. The lowest BCUT2D eigenvalue weighted by molar-refractivity contribution is -0.0265. The molecule has 1 aliphatic heterocycles. The Kier molecular flexibility index (Phi) is 5.06. The molecule has 2 N–H and O–H groups in total. The molecule has 166 valence electrons. The van der Waals surface area contributed by atoms with Gasteiger partial charge in [-0.05, 0) is 56.2 Å². The summed E-state index contributed by atoms with van der Waals surface area (Å²) >= 11 is 0. The molecule has 9 heteroatoms. The Labute approximate surface area is 179 Å². The number of hydrogen-bond acceptors (Lipinski definition) is 5. The molecule has 1 atom stereocenters. The first-order valence-corrected chi connectivity index (χ1v) is 11.0. The minimum Gasteiger partial charge on any atom is -0.476 e. The maximum atomic E-state index is 13.4. The van der Waals surface area contributed by atoms with Crippen molar-refractivity contribution in [1.82, 2.24) is 20.5 Å². The second kappa shape index (κ2) is 7.76. The van der Waals surface area contributed by atoms with Crippen LogP contribution in [0.4, 0.5) is 14.5 Å². The highest BCUT2D eigenvalue weighted by Gasteiger charge is 2.45. The van der Waals surface area contributed by atoms with Crippen LogP contribution in [-0.2, 0) is 0 Å². The highest BCUT2D eigenvalue weighted by atomic mass is 19.3. The Morgan fingerprint density at radius 3 is 2.65 bits per heavy atom. The van der Waals surface area contributed by atoms with E-state index in [4.69, 9.17) is 4.74 Å². The van der Waals surface area contributed by atoms with Gasteiger partial charge in [0.05, 0.1) is 37.1 Å². The number of aromatic nitrogens is 3.